The standard InChI is InChI=1S/C23H29N3O5S/c1-15(2)10-12-26-16(3)13-19(17(26)4)20(27)14-31-22(28)9-11-24-23-18-7-5-6-8-21(18)32(29,30)25-23/h5-8,13,15H,9-12,14H2,1-4H3,(H,24,25). The third-order valence-corrected chi connectivity index (χ3v) is 6.81. The van der Waals surface area contributed by atoms with Gasteiger partial charge in [0.05, 0.1) is 17.9 Å². The van der Waals surface area contributed by atoms with Gasteiger partial charge in [0.25, 0.3) is 10.0 Å². The van der Waals surface area contributed by atoms with Crippen molar-refractivity contribution in [3.05, 3.63) is 52.8 Å². The van der Waals surface area contributed by atoms with Gasteiger partial charge in [-0.25, -0.2) is 8.42 Å². The molecule has 1 N–H and O–H groups in total. The Hall–Kier alpha value is -2.94. The largest absolute Gasteiger partial charge is 0.457 e. The zero-order valence-electron chi connectivity index (χ0n) is 18.8. The van der Waals surface area contributed by atoms with Gasteiger partial charge >= 0.3 is 5.97 Å². The van der Waals surface area contributed by atoms with Crippen molar-refractivity contribution >= 4 is 27.6 Å². The Morgan fingerprint density at radius 3 is 2.62 bits per heavy atom. The van der Waals surface area contributed by atoms with Gasteiger partial charge in [0.1, 0.15) is 5.84 Å². The van der Waals surface area contributed by atoms with Crippen LogP contribution in [-0.2, 0) is 26.1 Å². The Kier molecular flexibility index (Phi) is 7.18. The van der Waals surface area contributed by atoms with Gasteiger partial charge < -0.3 is 9.30 Å². The highest BCUT2D eigenvalue weighted by atomic mass is 32.2. The second-order valence-electron chi connectivity index (χ2n) is 8.28. The van der Waals surface area contributed by atoms with Crippen molar-refractivity contribution in [1.82, 2.24) is 9.29 Å². The quantitative estimate of drug-likeness (QED) is 0.458. The highest BCUT2D eigenvalue weighted by Gasteiger charge is 2.30. The van der Waals surface area contributed by atoms with Crippen molar-refractivity contribution in [2.45, 2.75) is 52.0 Å². The van der Waals surface area contributed by atoms with E-state index in [1.165, 1.54) is 6.07 Å². The summed E-state index contributed by atoms with van der Waals surface area (Å²) < 4.78 is 33.8. The first-order chi connectivity index (χ1) is 15.1. The number of hydrogen-bond donors (Lipinski definition) is 1. The first kappa shape index (κ1) is 23.7. The summed E-state index contributed by atoms with van der Waals surface area (Å²) in [6.07, 6.45) is 0.955. The number of carbonyl (C=O) groups is 2. The van der Waals surface area contributed by atoms with Gasteiger partial charge in [0.2, 0.25) is 5.78 Å². The summed E-state index contributed by atoms with van der Waals surface area (Å²) >= 11 is 0. The molecule has 8 nitrogen and oxygen atoms in total. The number of carbonyl (C=O) groups excluding carboxylic acids is 2. The number of ketones is 1. The molecule has 172 valence electrons. The van der Waals surface area contributed by atoms with Crippen LogP contribution in [0.3, 0.4) is 0 Å². The second-order valence-corrected chi connectivity index (χ2v) is 9.94. The average molecular weight is 460 g/mol. The van der Waals surface area contributed by atoms with Crippen molar-refractivity contribution in [2.24, 2.45) is 10.9 Å². The van der Waals surface area contributed by atoms with E-state index in [4.69, 9.17) is 4.74 Å². The summed E-state index contributed by atoms with van der Waals surface area (Å²) in [6.45, 7) is 8.73. The number of aliphatic imine (C=N–C) groups is 1. The van der Waals surface area contributed by atoms with Crippen LogP contribution >= 0.6 is 0 Å². The highest BCUT2D eigenvalue weighted by molar-refractivity contribution is 7.90. The predicted octanol–water partition coefficient (Wildman–Crippen LogP) is 3.01. The van der Waals surface area contributed by atoms with Gasteiger partial charge in [-0.3, -0.25) is 19.3 Å². The molecular formula is C23H29N3O5S. The number of amidine groups is 1. The average Bonchev–Trinajstić information content (AvgIpc) is 3.17. The van der Waals surface area contributed by atoms with Crippen molar-refractivity contribution < 1.29 is 22.7 Å². The first-order valence-corrected chi connectivity index (χ1v) is 12.1. The fourth-order valence-corrected chi connectivity index (χ4v) is 4.87. The van der Waals surface area contributed by atoms with E-state index in [0.717, 1.165) is 24.4 Å². The van der Waals surface area contributed by atoms with Gasteiger partial charge in [-0.1, -0.05) is 26.0 Å². The minimum absolute atomic E-state index is 0.0446. The lowest BCUT2D eigenvalue weighted by Crippen LogP contribution is -2.22. The lowest BCUT2D eigenvalue weighted by molar-refractivity contribution is -0.142. The van der Waals surface area contributed by atoms with E-state index in [1.54, 1.807) is 18.2 Å². The first-order valence-electron chi connectivity index (χ1n) is 10.6. The molecule has 1 aliphatic heterocycles. The van der Waals surface area contributed by atoms with Crippen LogP contribution in [0.25, 0.3) is 0 Å². The van der Waals surface area contributed by atoms with Crippen molar-refractivity contribution in [3.63, 3.8) is 0 Å². The van der Waals surface area contributed by atoms with E-state index < -0.39 is 16.0 Å². The molecule has 0 aliphatic carbocycles. The van der Waals surface area contributed by atoms with Crippen LogP contribution in [0.2, 0.25) is 0 Å². The number of Topliss-reactive ketones (excluding diaryl/α,β-unsaturated/α-hetero) is 1. The number of rotatable bonds is 9. The number of hydrogen-bond acceptors (Lipinski definition) is 6. The Morgan fingerprint density at radius 2 is 1.91 bits per heavy atom. The number of sulfonamides is 1. The molecule has 0 amide bonds. The van der Waals surface area contributed by atoms with E-state index in [2.05, 4.69) is 28.1 Å². The van der Waals surface area contributed by atoms with Gasteiger partial charge in [-0.05, 0) is 44.4 Å². The molecule has 0 atom stereocenters. The van der Waals surface area contributed by atoms with Gasteiger partial charge in [0, 0.05) is 29.1 Å². The lowest BCUT2D eigenvalue weighted by Gasteiger charge is -2.11. The smallest absolute Gasteiger partial charge is 0.308 e. The molecule has 0 bridgehead atoms. The normalized spacial score (nSPS) is 15.6. The zero-order valence-corrected chi connectivity index (χ0v) is 19.7. The summed E-state index contributed by atoms with van der Waals surface area (Å²) in [4.78, 5) is 29.0. The third kappa shape index (κ3) is 5.27. The summed E-state index contributed by atoms with van der Waals surface area (Å²) in [7, 11) is -3.62. The monoisotopic (exact) mass is 459 g/mol. The summed E-state index contributed by atoms with van der Waals surface area (Å²) in [6, 6.07) is 8.34. The van der Waals surface area contributed by atoms with Crippen LogP contribution in [0.15, 0.2) is 40.2 Å². The zero-order chi connectivity index (χ0) is 23.5. The molecule has 1 aromatic heterocycles. The van der Waals surface area contributed by atoms with Gasteiger partial charge in [-0.15, -0.1) is 0 Å². The number of nitrogens with zero attached hydrogens (tertiary/aromatic N) is 2. The highest BCUT2D eigenvalue weighted by Crippen LogP contribution is 2.22. The van der Waals surface area contributed by atoms with Gasteiger partial charge in [-0.2, -0.15) is 0 Å². The Labute approximate surface area is 188 Å². The van der Waals surface area contributed by atoms with Crippen molar-refractivity contribution in [1.29, 1.82) is 0 Å². The molecule has 32 heavy (non-hydrogen) atoms. The molecule has 1 aromatic carbocycles. The van der Waals surface area contributed by atoms with E-state index >= 15 is 0 Å². The molecule has 0 saturated carbocycles. The lowest BCUT2D eigenvalue weighted by atomic mass is 10.1. The molecule has 3 rings (SSSR count). The maximum absolute atomic E-state index is 12.6. The third-order valence-electron chi connectivity index (χ3n) is 5.42. The van der Waals surface area contributed by atoms with Crippen molar-refractivity contribution in [2.75, 3.05) is 13.2 Å². The Balaban J connectivity index is 1.53. The Bertz CT molecular complexity index is 1160. The van der Waals surface area contributed by atoms with Crippen LogP contribution in [-0.4, -0.2) is 43.7 Å². The minimum Gasteiger partial charge on any atom is -0.457 e. The number of nitrogens with one attached hydrogen (secondary N) is 1. The van der Waals surface area contributed by atoms with Crippen LogP contribution < -0.4 is 4.72 Å². The van der Waals surface area contributed by atoms with E-state index in [9.17, 15) is 18.0 Å². The Morgan fingerprint density at radius 1 is 1.19 bits per heavy atom. The van der Waals surface area contributed by atoms with Crippen LogP contribution in [0.5, 0.6) is 0 Å². The molecule has 0 saturated heterocycles. The summed E-state index contributed by atoms with van der Waals surface area (Å²) in [5.41, 5.74) is 2.93. The van der Waals surface area contributed by atoms with Crippen LogP contribution in [0, 0.1) is 19.8 Å². The molecule has 0 fully saturated rings. The minimum atomic E-state index is -3.62. The molecule has 9 heteroatoms. The number of fused-ring (bicyclic) bond motifs is 1. The van der Waals surface area contributed by atoms with Crippen LogP contribution in [0.4, 0.5) is 0 Å². The van der Waals surface area contributed by atoms with Crippen LogP contribution in [0.1, 0.15) is 54.0 Å². The number of esters is 1. The second kappa shape index (κ2) is 9.68. The maximum atomic E-state index is 12.6. The molecular weight excluding hydrogens is 430 g/mol. The molecule has 2 aromatic rings. The summed E-state index contributed by atoms with van der Waals surface area (Å²) in [5, 5.41) is 0. The number of aryl methyl sites for hydroxylation is 1. The predicted molar refractivity (Wildman–Crippen MR) is 121 cm³/mol. The van der Waals surface area contributed by atoms with E-state index in [-0.39, 0.29) is 36.1 Å². The molecule has 0 radical (unpaired) electrons. The number of benzene rings is 1. The fraction of sp³-hybridized carbons (Fsp3) is 0.435. The van der Waals surface area contributed by atoms with E-state index in [0.29, 0.717) is 17.0 Å². The summed E-state index contributed by atoms with van der Waals surface area (Å²) in [5.74, 6) is -0.0392. The molecule has 1 aliphatic rings. The maximum Gasteiger partial charge on any atom is 0.308 e. The SMILES string of the molecule is Cc1cc(C(=O)COC(=O)CCN=C2NS(=O)(=O)c3ccccc32)c(C)n1CCC(C)C. The molecule has 2 heterocycles. The number of ether oxygens (including phenoxy) is 1. The van der Waals surface area contributed by atoms with Gasteiger partial charge in [0.15, 0.2) is 6.61 Å². The molecule has 0 spiro atoms. The van der Waals surface area contributed by atoms with Crippen molar-refractivity contribution in [3.8, 4) is 0 Å². The van der Waals surface area contributed by atoms with E-state index in [1.807, 2.05) is 19.9 Å². The molecule has 0 unspecified atom stereocenters. The topological polar surface area (TPSA) is 107 Å². The number of aromatic nitrogens is 1. The fourth-order valence-electron chi connectivity index (χ4n) is 3.62.